The number of rotatable bonds is 4. The van der Waals surface area contributed by atoms with Crippen molar-refractivity contribution in [1.29, 1.82) is 0 Å². The average molecular weight is 282 g/mol. The molecular formula is C18H15FO2. The number of carboxylic acid groups (broad SMARTS) is 1. The first kappa shape index (κ1) is 14.8. The van der Waals surface area contributed by atoms with E-state index in [1.165, 1.54) is 6.07 Å². The van der Waals surface area contributed by atoms with Gasteiger partial charge in [0.05, 0.1) is 5.92 Å². The summed E-state index contributed by atoms with van der Waals surface area (Å²) in [6.07, 6.45) is 0.337. The molecular weight excluding hydrogens is 267 g/mol. The van der Waals surface area contributed by atoms with E-state index in [0.29, 0.717) is 5.56 Å². The molecule has 0 fully saturated rings. The monoisotopic (exact) mass is 282 g/mol. The molecule has 0 radical (unpaired) electrons. The molecule has 0 heterocycles. The van der Waals surface area contributed by atoms with Gasteiger partial charge in [-0.15, -0.1) is 0 Å². The minimum Gasteiger partial charge on any atom is -0.481 e. The van der Waals surface area contributed by atoms with E-state index in [0.717, 1.165) is 5.56 Å². The molecule has 0 amide bonds. The SMILES string of the molecule is O=C(O)C(CC#Cc1ccccc1)Cc1ccccc1F. The van der Waals surface area contributed by atoms with Crippen molar-refractivity contribution < 1.29 is 14.3 Å². The fourth-order valence-corrected chi connectivity index (χ4v) is 1.97. The molecule has 0 aliphatic rings. The molecule has 0 spiro atoms. The first-order chi connectivity index (χ1) is 10.2. The van der Waals surface area contributed by atoms with E-state index in [9.17, 15) is 14.3 Å². The van der Waals surface area contributed by atoms with E-state index < -0.39 is 11.9 Å². The Balaban J connectivity index is 2.06. The second kappa shape index (κ2) is 7.25. The molecule has 1 N–H and O–H groups in total. The lowest BCUT2D eigenvalue weighted by Crippen LogP contribution is -2.16. The topological polar surface area (TPSA) is 37.3 Å². The van der Waals surface area contributed by atoms with Crippen molar-refractivity contribution in [1.82, 2.24) is 0 Å². The number of hydrogen-bond acceptors (Lipinski definition) is 1. The molecule has 3 heteroatoms. The van der Waals surface area contributed by atoms with Crippen LogP contribution in [0, 0.1) is 23.6 Å². The van der Waals surface area contributed by atoms with Crippen LogP contribution >= 0.6 is 0 Å². The van der Waals surface area contributed by atoms with E-state index in [1.807, 2.05) is 30.3 Å². The maximum atomic E-state index is 13.6. The predicted octanol–water partition coefficient (Wildman–Crippen LogP) is 3.51. The highest BCUT2D eigenvalue weighted by atomic mass is 19.1. The number of hydrogen-bond donors (Lipinski definition) is 1. The zero-order valence-corrected chi connectivity index (χ0v) is 11.4. The van der Waals surface area contributed by atoms with Crippen LogP contribution in [0.4, 0.5) is 4.39 Å². The van der Waals surface area contributed by atoms with Crippen molar-refractivity contribution in [3.05, 3.63) is 71.5 Å². The summed E-state index contributed by atoms with van der Waals surface area (Å²) in [5, 5.41) is 9.23. The van der Waals surface area contributed by atoms with Gasteiger partial charge in [-0.2, -0.15) is 0 Å². The third-order valence-corrected chi connectivity index (χ3v) is 3.13. The molecule has 1 atom stereocenters. The molecule has 2 aromatic carbocycles. The first-order valence-corrected chi connectivity index (χ1v) is 6.67. The Morgan fingerprint density at radius 1 is 1.10 bits per heavy atom. The van der Waals surface area contributed by atoms with Gasteiger partial charge in [0.25, 0.3) is 0 Å². The summed E-state index contributed by atoms with van der Waals surface area (Å²) in [4.78, 5) is 11.3. The van der Waals surface area contributed by atoms with E-state index >= 15 is 0 Å². The van der Waals surface area contributed by atoms with Crippen LogP contribution in [0.5, 0.6) is 0 Å². The van der Waals surface area contributed by atoms with E-state index in [-0.39, 0.29) is 18.7 Å². The highest BCUT2D eigenvalue weighted by Gasteiger charge is 2.18. The second-order valence-electron chi connectivity index (χ2n) is 4.70. The Hall–Kier alpha value is -2.60. The molecule has 2 rings (SSSR count). The quantitative estimate of drug-likeness (QED) is 0.871. The van der Waals surface area contributed by atoms with E-state index in [2.05, 4.69) is 11.8 Å². The van der Waals surface area contributed by atoms with Crippen molar-refractivity contribution in [2.24, 2.45) is 5.92 Å². The summed E-state index contributed by atoms with van der Waals surface area (Å²) in [5.74, 6) is 3.75. The van der Waals surface area contributed by atoms with Crippen molar-refractivity contribution in [3.63, 3.8) is 0 Å². The number of halogens is 1. The number of benzene rings is 2. The van der Waals surface area contributed by atoms with Crippen LogP contribution in [-0.2, 0) is 11.2 Å². The van der Waals surface area contributed by atoms with Gasteiger partial charge in [0.1, 0.15) is 5.82 Å². The Kier molecular flexibility index (Phi) is 5.11. The summed E-state index contributed by atoms with van der Waals surface area (Å²) in [6, 6.07) is 15.6. The fourth-order valence-electron chi connectivity index (χ4n) is 1.97. The number of carboxylic acids is 1. The molecule has 0 saturated carbocycles. The summed E-state index contributed by atoms with van der Waals surface area (Å²) >= 11 is 0. The normalized spacial score (nSPS) is 11.3. The van der Waals surface area contributed by atoms with Gasteiger partial charge in [-0.05, 0) is 30.2 Å². The molecule has 21 heavy (non-hydrogen) atoms. The highest BCUT2D eigenvalue weighted by molar-refractivity contribution is 5.71. The van der Waals surface area contributed by atoms with Gasteiger partial charge in [-0.25, -0.2) is 4.39 Å². The maximum Gasteiger partial charge on any atom is 0.307 e. The fraction of sp³-hybridized carbons (Fsp3) is 0.167. The van der Waals surface area contributed by atoms with Crippen molar-refractivity contribution in [2.45, 2.75) is 12.8 Å². The van der Waals surface area contributed by atoms with Gasteiger partial charge in [-0.3, -0.25) is 4.79 Å². The Morgan fingerprint density at radius 3 is 2.43 bits per heavy atom. The summed E-state index contributed by atoms with van der Waals surface area (Å²) in [7, 11) is 0. The largest absolute Gasteiger partial charge is 0.481 e. The Morgan fingerprint density at radius 2 is 1.76 bits per heavy atom. The second-order valence-corrected chi connectivity index (χ2v) is 4.70. The van der Waals surface area contributed by atoms with Crippen LogP contribution in [0.25, 0.3) is 0 Å². The van der Waals surface area contributed by atoms with E-state index in [1.54, 1.807) is 18.2 Å². The third kappa shape index (κ3) is 4.47. The standard InChI is InChI=1S/C18H15FO2/c19-17-12-5-4-10-15(17)13-16(18(20)21)11-6-9-14-7-2-1-3-8-14/h1-5,7-8,10,12,16H,11,13H2,(H,20,21). The molecule has 106 valence electrons. The van der Waals surface area contributed by atoms with Crippen LogP contribution in [0.15, 0.2) is 54.6 Å². The lowest BCUT2D eigenvalue weighted by atomic mass is 9.96. The van der Waals surface area contributed by atoms with Gasteiger partial charge >= 0.3 is 5.97 Å². The van der Waals surface area contributed by atoms with Gasteiger partial charge < -0.3 is 5.11 Å². The van der Waals surface area contributed by atoms with Crippen LogP contribution in [0.2, 0.25) is 0 Å². The lowest BCUT2D eigenvalue weighted by Gasteiger charge is -2.09. The minimum absolute atomic E-state index is 0.144. The summed E-state index contributed by atoms with van der Waals surface area (Å²) in [5.41, 5.74) is 1.25. The molecule has 0 aliphatic heterocycles. The maximum absolute atomic E-state index is 13.6. The summed E-state index contributed by atoms with van der Waals surface area (Å²) < 4.78 is 13.6. The molecule has 0 aromatic heterocycles. The Bertz CT molecular complexity index is 668. The predicted molar refractivity (Wildman–Crippen MR) is 79.2 cm³/mol. The lowest BCUT2D eigenvalue weighted by molar-refractivity contribution is -0.141. The minimum atomic E-state index is -0.958. The van der Waals surface area contributed by atoms with Crippen LogP contribution in [0.3, 0.4) is 0 Å². The van der Waals surface area contributed by atoms with Crippen molar-refractivity contribution >= 4 is 5.97 Å². The number of carbonyl (C=O) groups is 1. The van der Waals surface area contributed by atoms with Crippen LogP contribution in [0.1, 0.15) is 17.5 Å². The zero-order valence-electron chi connectivity index (χ0n) is 11.4. The molecule has 0 aliphatic carbocycles. The molecule has 2 aromatic rings. The average Bonchev–Trinajstić information content (AvgIpc) is 2.49. The molecule has 2 nitrogen and oxygen atoms in total. The van der Waals surface area contributed by atoms with Crippen LogP contribution in [-0.4, -0.2) is 11.1 Å². The highest BCUT2D eigenvalue weighted by Crippen LogP contribution is 2.15. The molecule has 0 bridgehead atoms. The van der Waals surface area contributed by atoms with Gasteiger partial charge in [0.2, 0.25) is 0 Å². The number of aliphatic carboxylic acids is 1. The van der Waals surface area contributed by atoms with E-state index in [4.69, 9.17) is 0 Å². The van der Waals surface area contributed by atoms with Gasteiger partial charge in [0.15, 0.2) is 0 Å². The van der Waals surface area contributed by atoms with Crippen molar-refractivity contribution in [2.75, 3.05) is 0 Å². The summed E-state index contributed by atoms with van der Waals surface area (Å²) in [6.45, 7) is 0. The Labute approximate surface area is 123 Å². The zero-order chi connectivity index (χ0) is 15.1. The molecule has 0 saturated heterocycles. The van der Waals surface area contributed by atoms with Crippen molar-refractivity contribution in [3.8, 4) is 11.8 Å². The third-order valence-electron chi connectivity index (χ3n) is 3.13. The van der Waals surface area contributed by atoms with Crippen LogP contribution < -0.4 is 0 Å². The van der Waals surface area contributed by atoms with Gasteiger partial charge in [-0.1, -0.05) is 48.2 Å². The van der Waals surface area contributed by atoms with Gasteiger partial charge in [0, 0.05) is 12.0 Å². The molecule has 1 unspecified atom stereocenters. The smallest absolute Gasteiger partial charge is 0.307 e. The first-order valence-electron chi connectivity index (χ1n) is 6.67.